The highest BCUT2D eigenvalue weighted by Gasteiger charge is 2.42. The first-order chi connectivity index (χ1) is 9.10. The third-order valence-electron chi connectivity index (χ3n) is 4.07. The molecule has 1 N–H and O–H groups in total. The van der Waals surface area contributed by atoms with Crippen LogP contribution < -0.4 is 9.47 Å². The summed E-state index contributed by atoms with van der Waals surface area (Å²) >= 11 is 0. The summed E-state index contributed by atoms with van der Waals surface area (Å²) in [6.07, 6.45) is 2.95. The van der Waals surface area contributed by atoms with Gasteiger partial charge >= 0.3 is 0 Å². The van der Waals surface area contributed by atoms with Crippen LogP contribution in [0.4, 0.5) is 0 Å². The minimum Gasteiger partial charge on any atom is -0.493 e. The lowest BCUT2D eigenvalue weighted by atomic mass is 10.1. The average Bonchev–Trinajstić information content (AvgIpc) is 3.03. The standard InChI is InChI=1S/C15H21NO3/c1-16-8-5-12(10-16)19-13-4-3-11(9-14(13)18-2)15(17)6-7-15/h3-4,9,12,17H,5-8,10H2,1-2H3. The zero-order valence-electron chi connectivity index (χ0n) is 11.6. The molecule has 0 radical (unpaired) electrons. The van der Waals surface area contributed by atoms with Gasteiger partial charge in [0.25, 0.3) is 0 Å². The second kappa shape index (κ2) is 4.69. The van der Waals surface area contributed by atoms with Gasteiger partial charge in [0.05, 0.1) is 12.7 Å². The maximum absolute atomic E-state index is 10.1. The summed E-state index contributed by atoms with van der Waals surface area (Å²) in [5.74, 6) is 1.49. The van der Waals surface area contributed by atoms with Gasteiger partial charge in [-0.1, -0.05) is 6.07 Å². The number of nitrogens with zero attached hydrogens (tertiary/aromatic N) is 1. The first-order valence-electron chi connectivity index (χ1n) is 6.87. The third kappa shape index (κ3) is 2.55. The highest BCUT2D eigenvalue weighted by atomic mass is 16.5. The third-order valence-corrected chi connectivity index (χ3v) is 4.07. The van der Waals surface area contributed by atoms with Crippen molar-refractivity contribution in [2.24, 2.45) is 0 Å². The Bertz CT molecular complexity index is 470. The molecule has 2 fully saturated rings. The summed E-state index contributed by atoms with van der Waals surface area (Å²) in [7, 11) is 3.75. The Morgan fingerprint density at radius 3 is 2.68 bits per heavy atom. The monoisotopic (exact) mass is 263 g/mol. The Morgan fingerprint density at radius 1 is 1.32 bits per heavy atom. The molecule has 2 aliphatic rings. The molecular weight excluding hydrogens is 242 g/mol. The zero-order valence-corrected chi connectivity index (χ0v) is 11.6. The number of benzene rings is 1. The van der Waals surface area contributed by atoms with Gasteiger partial charge in [-0.15, -0.1) is 0 Å². The van der Waals surface area contributed by atoms with Crippen molar-refractivity contribution in [1.82, 2.24) is 4.90 Å². The minimum atomic E-state index is -0.626. The summed E-state index contributed by atoms with van der Waals surface area (Å²) in [4.78, 5) is 2.26. The van der Waals surface area contributed by atoms with Crippen LogP contribution in [0, 0.1) is 0 Å². The van der Waals surface area contributed by atoms with Gasteiger partial charge in [0.1, 0.15) is 6.10 Å². The van der Waals surface area contributed by atoms with Crippen molar-refractivity contribution in [1.29, 1.82) is 0 Å². The number of methoxy groups -OCH3 is 1. The van der Waals surface area contributed by atoms with Crippen LogP contribution in [0.1, 0.15) is 24.8 Å². The van der Waals surface area contributed by atoms with Crippen molar-refractivity contribution >= 4 is 0 Å². The molecule has 0 amide bonds. The molecule has 4 heteroatoms. The van der Waals surface area contributed by atoms with E-state index in [1.807, 2.05) is 18.2 Å². The fourth-order valence-corrected chi connectivity index (χ4v) is 2.63. The summed E-state index contributed by atoms with van der Waals surface area (Å²) in [6, 6.07) is 5.77. The van der Waals surface area contributed by atoms with Crippen molar-refractivity contribution in [3.8, 4) is 11.5 Å². The number of ether oxygens (including phenoxy) is 2. The molecule has 1 aliphatic heterocycles. The smallest absolute Gasteiger partial charge is 0.161 e. The van der Waals surface area contributed by atoms with E-state index in [2.05, 4.69) is 11.9 Å². The summed E-state index contributed by atoms with van der Waals surface area (Å²) in [5.41, 5.74) is 0.305. The van der Waals surface area contributed by atoms with Gasteiger partial charge in [0.2, 0.25) is 0 Å². The summed E-state index contributed by atoms with van der Waals surface area (Å²) in [5, 5.41) is 10.1. The minimum absolute atomic E-state index is 0.230. The quantitative estimate of drug-likeness (QED) is 0.899. The van der Waals surface area contributed by atoms with Crippen LogP contribution in [0.15, 0.2) is 18.2 Å². The Balaban J connectivity index is 1.77. The van der Waals surface area contributed by atoms with E-state index in [-0.39, 0.29) is 6.10 Å². The van der Waals surface area contributed by atoms with E-state index in [9.17, 15) is 5.11 Å². The predicted molar refractivity (Wildman–Crippen MR) is 72.7 cm³/mol. The van der Waals surface area contributed by atoms with Crippen LogP contribution in [0.25, 0.3) is 0 Å². The Kier molecular flexibility index (Phi) is 3.15. The van der Waals surface area contributed by atoms with Gasteiger partial charge in [-0.3, -0.25) is 0 Å². The van der Waals surface area contributed by atoms with Gasteiger partial charge in [-0.25, -0.2) is 0 Å². The molecule has 104 valence electrons. The van der Waals surface area contributed by atoms with Crippen LogP contribution in [-0.2, 0) is 5.60 Å². The maximum Gasteiger partial charge on any atom is 0.161 e. The lowest BCUT2D eigenvalue weighted by Crippen LogP contribution is -2.21. The number of likely N-dealkylation sites (N-methyl/N-ethyl adjacent to an activating group) is 1. The van der Waals surface area contributed by atoms with Gasteiger partial charge in [0, 0.05) is 13.1 Å². The summed E-state index contributed by atoms with van der Waals surface area (Å²) < 4.78 is 11.4. The maximum atomic E-state index is 10.1. The number of aliphatic hydroxyl groups is 1. The Hall–Kier alpha value is -1.26. The molecule has 4 nitrogen and oxygen atoms in total. The molecular formula is C15H21NO3. The zero-order chi connectivity index (χ0) is 13.5. The molecule has 1 aliphatic carbocycles. The van der Waals surface area contributed by atoms with Gasteiger partial charge < -0.3 is 19.5 Å². The second-order valence-electron chi connectivity index (χ2n) is 5.69. The predicted octanol–water partition coefficient (Wildman–Crippen LogP) is 1.76. The van der Waals surface area contributed by atoms with Crippen molar-refractivity contribution in [2.45, 2.75) is 31.0 Å². The van der Waals surface area contributed by atoms with Crippen molar-refractivity contribution in [2.75, 3.05) is 27.2 Å². The van der Waals surface area contributed by atoms with E-state index in [4.69, 9.17) is 9.47 Å². The summed E-state index contributed by atoms with van der Waals surface area (Å²) in [6.45, 7) is 2.03. The van der Waals surface area contributed by atoms with Crippen LogP contribution in [0.5, 0.6) is 11.5 Å². The van der Waals surface area contributed by atoms with E-state index >= 15 is 0 Å². The van der Waals surface area contributed by atoms with Gasteiger partial charge in [0.15, 0.2) is 11.5 Å². The molecule has 19 heavy (non-hydrogen) atoms. The topological polar surface area (TPSA) is 41.9 Å². The lowest BCUT2D eigenvalue weighted by molar-refractivity contribution is 0.150. The van der Waals surface area contributed by atoms with Gasteiger partial charge in [-0.05, 0) is 44.0 Å². The highest BCUT2D eigenvalue weighted by molar-refractivity contribution is 5.46. The molecule has 1 unspecified atom stereocenters. The first-order valence-corrected chi connectivity index (χ1v) is 6.87. The van der Waals surface area contributed by atoms with Gasteiger partial charge in [-0.2, -0.15) is 0 Å². The molecule has 1 aromatic rings. The highest BCUT2D eigenvalue weighted by Crippen LogP contribution is 2.47. The fourth-order valence-electron chi connectivity index (χ4n) is 2.63. The van der Waals surface area contributed by atoms with E-state index in [0.717, 1.165) is 43.7 Å². The number of rotatable bonds is 4. The van der Waals surface area contributed by atoms with E-state index in [1.165, 1.54) is 0 Å². The molecule has 1 aromatic carbocycles. The number of hydrogen-bond acceptors (Lipinski definition) is 4. The SMILES string of the molecule is COc1cc(C2(O)CC2)ccc1OC1CCN(C)C1. The van der Waals surface area contributed by atoms with Crippen molar-refractivity contribution in [3.05, 3.63) is 23.8 Å². The van der Waals surface area contributed by atoms with E-state index in [0.29, 0.717) is 5.75 Å². The molecule has 1 heterocycles. The largest absolute Gasteiger partial charge is 0.493 e. The molecule has 1 saturated carbocycles. The van der Waals surface area contributed by atoms with Crippen molar-refractivity contribution < 1.29 is 14.6 Å². The molecule has 0 bridgehead atoms. The second-order valence-corrected chi connectivity index (χ2v) is 5.69. The molecule has 0 spiro atoms. The number of hydrogen-bond donors (Lipinski definition) is 1. The molecule has 3 rings (SSSR count). The van der Waals surface area contributed by atoms with Crippen LogP contribution >= 0.6 is 0 Å². The fraction of sp³-hybridized carbons (Fsp3) is 0.600. The van der Waals surface area contributed by atoms with E-state index in [1.54, 1.807) is 7.11 Å². The lowest BCUT2D eigenvalue weighted by Gasteiger charge is -2.18. The molecule has 1 saturated heterocycles. The van der Waals surface area contributed by atoms with E-state index < -0.39 is 5.60 Å². The molecule has 1 atom stereocenters. The van der Waals surface area contributed by atoms with Crippen LogP contribution in [-0.4, -0.2) is 43.4 Å². The van der Waals surface area contributed by atoms with Crippen LogP contribution in [0.2, 0.25) is 0 Å². The first kappa shape index (κ1) is 12.8. The average molecular weight is 263 g/mol. The van der Waals surface area contributed by atoms with Crippen molar-refractivity contribution in [3.63, 3.8) is 0 Å². The number of likely N-dealkylation sites (tertiary alicyclic amines) is 1. The molecule has 0 aromatic heterocycles. The Labute approximate surface area is 113 Å². The van der Waals surface area contributed by atoms with Crippen LogP contribution in [0.3, 0.4) is 0 Å². The normalized spacial score (nSPS) is 25.3. The Morgan fingerprint density at radius 2 is 2.11 bits per heavy atom.